The Balaban J connectivity index is 1.36. The van der Waals surface area contributed by atoms with E-state index in [0.717, 1.165) is 32.2 Å². The molecule has 10 heteroatoms. The van der Waals surface area contributed by atoms with Gasteiger partial charge in [0.25, 0.3) is 0 Å². The molecular formula is C33H45N7O3. The van der Waals surface area contributed by atoms with Gasteiger partial charge in [-0.15, -0.1) is 0 Å². The van der Waals surface area contributed by atoms with E-state index in [4.69, 9.17) is 5.73 Å². The molecule has 1 fully saturated rings. The molecule has 1 unspecified atom stereocenters. The van der Waals surface area contributed by atoms with Crippen molar-refractivity contribution in [3.63, 3.8) is 0 Å². The zero-order chi connectivity index (χ0) is 30.4. The normalized spacial score (nSPS) is 15.8. The van der Waals surface area contributed by atoms with Crippen molar-refractivity contribution in [1.82, 2.24) is 30.0 Å². The van der Waals surface area contributed by atoms with Gasteiger partial charge in [-0.25, -0.2) is 4.98 Å². The van der Waals surface area contributed by atoms with Crippen molar-refractivity contribution in [2.75, 3.05) is 39.8 Å². The quantitative estimate of drug-likeness (QED) is 0.208. The topological polar surface area (TPSA) is 126 Å². The standard InChI is InChI=1S/C33H45N7O3/c1-38-19-8-13-28(38)14-15-30(33(43)40(24-31(34)41)22-21-39-20-18-36-25-39)37-32(42)23-35-17-16-29(26-9-4-2-5-10-26)27-11-6-3-7-12-27/h2-7,9-12,18,20,25,28-30,35H,8,13-17,19,21-24H2,1H3,(H2,34,41)(H,37,42)/t28-,30?/m1/s1. The summed E-state index contributed by atoms with van der Waals surface area (Å²) < 4.78 is 1.84. The minimum absolute atomic E-state index is 0.0915. The van der Waals surface area contributed by atoms with Crippen molar-refractivity contribution in [3.8, 4) is 0 Å². The van der Waals surface area contributed by atoms with Crippen molar-refractivity contribution in [2.45, 2.75) is 56.7 Å². The number of benzene rings is 2. The van der Waals surface area contributed by atoms with Crippen LogP contribution < -0.4 is 16.4 Å². The minimum atomic E-state index is -0.744. The van der Waals surface area contributed by atoms with Gasteiger partial charge in [0, 0.05) is 37.4 Å². The summed E-state index contributed by atoms with van der Waals surface area (Å²) in [5, 5.41) is 6.25. The third-order valence-corrected chi connectivity index (χ3v) is 8.24. The molecule has 1 aliphatic rings. The van der Waals surface area contributed by atoms with Crippen LogP contribution in [0.3, 0.4) is 0 Å². The summed E-state index contributed by atoms with van der Waals surface area (Å²) in [6, 6.07) is 20.4. The lowest BCUT2D eigenvalue weighted by Crippen LogP contribution is -2.53. The Morgan fingerprint density at radius 2 is 1.74 bits per heavy atom. The Bertz CT molecular complexity index is 1230. The number of hydrogen-bond acceptors (Lipinski definition) is 6. The average molecular weight is 588 g/mol. The number of nitrogens with zero attached hydrogens (tertiary/aromatic N) is 4. The molecule has 2 aromatic carbocycles. The summed E-state index contributed by atoms with van der Waals surface area (Å²) in [6.45, 7) is 2.30. The summed E-state index contributed by atoms with van der Waals surface area (Å²) in [7, 11) is 2.10. The van der Waals surface area contributed by atoms with Gasteiger partial charge in [0.2, 0.25) is 17.7 Å². The highest BCUT2D eigenvalue weighted by Crippen LogP contribution is 2.27. The summed E-state index contributed by atoms with van der Waals surface area (Å²) in [5.41, 5.74) is 7.97. The monoisotopic (exact) mass is 587 g/mol. The first-order chi connectivity index (χ1) is 20.9. The Labute approximate surface area is 254 Å². The Morgan fingerprint density at radius 3 is 2.33 bits per heavy atom. The van der Waals surface area contributed by atoms with Crippen LogP contribution in [0.1, 0.15) is 49.1 Å². The first-order valence-corrected chi connectivity index (χ1v) is 15.2. The van der Waals surface area contributed by atoms with E-state index in [2.05, 4.69) is 51.8 Å². The highest BCUT2D eigenvalue weighted by molar-refractivity contribution is 5.90. The smallest absolute Gasteiger partial charge is 0.245 e. The van der Waals surface area contributed by atoms with Gasteiger partial charge >= 0.3 is 0 Å². The van der Waals surface area contributed by atoms with Crippen molar-refractivity contribution >= 4 is 17.7 Å². The summed E-state index contributed by atoms with van der Waals surface area (Å²) in [6.07, 6.45) is 9.41. The van der Waals surface area contributed by atoms with Crippen molar-refractivity contribution in [1.29, 1.82) is 0 Å². The van der Waals surface area contributed by atoms with Crippen LogP contribution in [0.4, 0.5) is 0 Å². The maximum atomic E-state index is 13.7. The summed E-state index contributed by atoms with van der Waals surface area (Å²) in [4.78, 5) is 46.5. The molecule has 0 bridgehead atoms. The zero-order valence-corrected chi connectivity index (χ0v) is 25.1. The Kier molecular flexibility index (Phi) is 12.3. The van der Waals surface area contributed by atoms with E-state index in [1.807, 2.05) is 41.0 Å². The van der Waals surface area contributed by atoms with Crippen LogP contribution in [0.2, 0.25) is 0 Å². The van der Waals surface area contributed by atoms with Gasteiger partial charge in [-0.05, 0) is 63.4 Å². The van der Waals surface area contributed by atoms with E-state index in [1.54, 1.807) is 18.7 Å². The van der Waals surface area contributed by atoms with E-state index in [9.17, 15) is 14.4 Å². The van der Waals surface area contributed by atoms with E-state index < -0.39 is 11.9 Å². The molecule has 0 saturated carbocycles. The van der Waals surface area contributed by atoms with Gasteiger partial charge in [-0.3, -0.25) is 14.4 Å². The molecule has 2 heterocycles. The van der Waals surface area contributed by atoms with Crippen LogP contribution in [-0.4, -0.2) is 88.9 Å². The number of nitrogens with one attached hydrogen (secondary N) is 2. The number of likely N-dealkylation sites (tertiary alicyclic amines) is 1. The molecule has 1 saturated heterocycles. The molecule has 1 aromatic heterocycles. The average Bonchev–Trinajstić information content (AvgIpc) is 3.69. The number of carbonyl (C=O) groups excluding carboxylic acids is 3. The maximum Gasteiger partial charge on any atom is 0.245 e. The molecule has 230 valence electrons. The molecule has 2 atom stereocenters. The van der Waals surface area contributed by atoms with Crippen LogP contribution in [-0.2, 0) is 20.9 Å². The molecule has 3 amide bonds. The number of hydrogen-bond donors (Lipinski definition) is 3. The van der Waals surface area contributed by atoms with Crippen LogP contribution in [0.5, 0.6) is 0 Å². The first-order valence-electron chi connectivity index (χ1n) is 15.2. The van der Waals surface area contributed by atoms with Crippen molar-refractivity contribution < 1.29 is 14.4 Å². The molecule has 10 nitrogen and oxygen atoms in total. The molecule has 4 rings (SSSR count). The second kappa shape index (κ2) is 16.6. The van der Waals surface area contributed by atoms with Crippen LogP contribution in [0.15, 0.2) is 79.4 Å². The van der Waals surface area contributed by atoms with Crippen molar-refractivity contribution in [3.05, 3.63) is 90.5 Å². The zero-order valence-electron chi connectivity index (χ0n) is 25.1. The lowest BCUT2D eigenvalue weighted by atomic mass is 9.88. The van der Waals surface area contributed by atoms with Crippen LogP contribution in [0, 0.1) is 0 Å². The first kappa shape index (κ1) is 31.9. The maximum absolute atomic E-state index is 13.7. The SMILES string of the molecule is CN1CCC[C@@H]1CCC(NC(=O)CNCCC(c1ccccc1)c1ccccc1)C(=O)N(CCn1ccnc1)CC(N)=O. The lowest BCUT2D eigenvalue weighted by molar-refractivity contribution is -0.139. The summed E-state index contributed by atoms with van der Waals surface area (Å²) in [5.74, 6) is -0.926. The van der Waals surface area contributed by atoms with Gasteiger partial charge in [0.15, 0.2) is 0 Å². The minimum Gasteiger partial charge on any atom is -0.368 e. The number of carbonyl (C=O) groups is 3. The van der Waals surface area contributed by atoms with E-state index in [1.165, 1.54) is 16.0 Å². The largest absolute Gasteiger partial charge is 0.368 e. The molecule has 0 spiro atoms. The molecule has 4 N–H and O–H groups in total. The van der Waals surface area contributed by atoms with Gasteiger partial charge in [0.1, 0.15) is 6.04 Å². The van der Waals surface area contributed by atoms with E-state index in [0.29, 0.717) is 25.6 Å². The number of rotatable bonds is 17. The fourth-order valence-electron chi connectivity index (χ4n) is 5.88. The Hall–Kier alpha value is -4.02. The van der Waals surface area contributed by atoms with Gasteiger partial charge in [0.05, 0.1) is 19.4 Å². The number of primary amides is 1. The number of amides is 3. The molecule has 1 aliphatic heterocycles. The Morgan fingerprint density at radius 1 is 1.05 bits per heavy atom. The molecular weight excluding hydrogens is 542 g/mol. The number of imidazole rings is 1. The second-order valence-corrected chi connectivity index (χ2v) is 11.3. The van der Waals surface area contributed by atoms with Crippen LogP contribution in [0.25, 0.3) is 0 Å². The van der Waals surface area contributed by atoms with Gasteiger partial charge in [-0.2, -0.15) is 0 Å². The highest BCUT2D eigenvalue weighted by Gasteiger charge is 2.29. The fourth-order valence-corrected chi connectivity index (χ4v) is 5.88. The molecule has 0 aliphatic carbocycles. The third kappa shape index (κ3) is 10.0. The predicted molar refractivity (Wildman–Crippen MR) is 167 cm³/mol. The highest BCUT2D eigenvalue weighted by atomic mass is 16.2. The molecule has 3 aromatic rings. The van der Waals surface area contributed by atoms with Crippen LogP contribution >= 0.6 is 0 Å². The third-order valence-electron chi connectivity index (χ3n) is 8.24. The van der Waals surface area contributed by atoms with E-state index >= 15 is 0 Å². The van der Waals surface area contributed by atoms with E-state index in [-0.39, 0.29) is 37.4 Å². The van der Waals surface area contributed by atoms with Crippen molar-refractivity contribution in [2.24, 2.45) is 5.73 Å². The molecule has 43 heavy (non-hydrogen) atoms. The van der Waals surface area contributed by atoms with Gasteiger partial charge < -0.3 is 30.7 Å². The lowest BCUT2D eigenvalue weighted by Gasteiger charge is -2.29. The number of nitrogens with two attached hydrogens (primary N) is 1. The van der Waals surface area contributed by atoms with Gasteiger partial charge in [-0.1, -0.05) is 60.7 Å². The number of aromatic nitrogens is 2. The second-order valence-electron chi connectivity index (χ2n) is 11.3. The molecule has 0 radical (unpaired) electrons. The predicted octanol–water partition coefficient (Wildman–Crippen LogP) is 2.37. The fraction of sp³-hybridized carbons (Fsp3) is 0.455. The summed E-state index contributed by atoms with van der Waals surface area (Å²) >= 11 is 0.